The van der Waals surface area contributed by atoms with Crippen molar-refractivity contribution in [3.05, 3.63) is 59.9 Å². The van der Waals surface area contributed by atoms with Gasteiger partial charge in [0.1, 0.15) is 0 Å². The lowest BCUT2D eigenvalue weighted by atomic mass is 10.2. The molecule has 0 bridgehead atoms. The van der Waals surface area contributed by atoms with Crippen molar-refractivity contribution in [1.29, 1.82) is 0 Å². The van der Waals surface area contributed by atoms with Crippen molar-refractivity contribution in [2.24, 2.45) is 0 Å². The minimum absolute atomic E-state index is 0.154. The SMILES string of the molecule is CCN(CCc1ccccn1)S(=O)(=O)c1ccc(C(F)(F)F)cc1. The molecule has 2 aromatic rings. The van der Waals surface area contributed by atoms with Gasteiger partial charge in [-0.3, -0.25) is 4.98 Å². The van der Waals surface area contributed by atoms with Gasteiger partial charge in [-0.2, -0.15) is 17.5 Å². The van der Waals surface area contributed by atoms with Crippen molar-refractivity contribution in [2.45, 2.75) is 24.4 Å². The van der Waals surface area contributed by atoms with Gasteiger partial charge >= 0.3 is 6.18 Å². The molecule has 0 saturated heterocycles. The summed E-state index contributed by atoms with van der Waals surface area (Å²) in [5.74, 6) is 0. The van der Waals surface area contributed by atoms with Crippen LogP contribution < -0.4 is 0 Å². The molecular formula is C16H17F3N2O2S. The van der Waals surface area contributed by atoms with Crippen molar-refractivity contribution >= 4 is 10.0 Å². The molecule has 8 heteroatoms. The second-order valence-corrected chi connectivity index (χ2v) is 7.03. The Morgan fingerprint density at radius 1 is 1.08 bits per heavy atom. The van der Waals surface area contributed by atoms with Crippen molar-refractivity contribution in [3.8, 4) is 0 Å². The van der Waals surface area contributed by atoms with Crippen LogP contribution in [0.3, 0.4) is 0 Å². The number of hydrogen-bond acceptors (Lipinski definition) is 3. The first-order valence-corrected chi connectivity index (χ1v) is 8.76. The highest BCUT2D eigenvalue weighted by Crippen LogP contribution is 2.30. The normalized spacial score (nSPS) is 12.5. The standard InChI is InChI=1S/C16H17F3N2O2S/c1-2-21(12-10-14-5-3-4-11-20-14)24(22,23)15-8-6-13(7-9-15)16(17,18)19/h3-9,11H,2,10,12H2,1H3. The summed E-state index contributed by atoms with van der Waals surface area (Å²) in [6.45, 7) is 2.10. The first-order valence-electron chi connectivity index (χ1n) is 7.32. The highest BCUT2D eigenvalue weighted by atomic mass is 32.2. The Hall–Kier alpha value is -1.93. The fourth-order valence-corrected chi connectivity index (χ4v) is 3.65. The van der Waals surface area contributed by atoms with E-state index in [1.54, 1.807) is 25.3 Å². The molecule has 0 amide bonds. The van der Waals surface area contributed by atoms with Crippen molar-refractivity contribution in [2.75, 3.05) is 13.1 Å². The largest absolute Gasteiger partial charge is 0.416 e. The van der Waals surface area contributed by atoms with E-state index in [1.807, 2.05) is 6.07 Å². The van der Waals surface area contributed by atoms with E-state index in [0.29, 0.717) is 6.42 Å². The molecule has 0 aliphatic rings. The molecule has 1 heterocycles. The van der Waals surface area contributed by atoms with E-state index in [-0.39, 0.29) is 18.0 Å². The molecule has 4 nitrogen and oxygen atoms in total. The van der Waals surface area contributed by atoms with Gasteiger partial charge in [-0.1, -0.05) is 13.0 Å². The predicted molar refractivity (Wildman–Crippen MR) is 83.8 cm³/mol. The van der Waals surface area contributed by atoms with Crippen LogP contribution in [0.2, 0.25) is 0 Å². The summed E-state index contributed by atoms with van der Waals surface area (Å²) in [5, 5.41) is 0. The lowest BCUT2D eigenvalue weighted by Crippen LogP contribution is -2.33. The molecule has 0 aliphatic heterocycles. The summed E-state index contributed by atoms with van der Waals surface area (Å²) in [6, 6.07) is 8.89. The molecule has 0 spiro atoms. The van der Waals surface area contributed by atoms with Gasteiger partial charge < -0.3 is 0 Å². The first-order chi connectivity index (χ1) is 11.2. The van der Waals surface area contributed by atoms with Crippen LogP contribution in [0, 0.1) is 0 Å². The zero-order chi connectivity index (χ0) is 17.8. The molecule has 0 fully saturated rings. The molecule has 24 heavy (non-hydrogen) atoms. The van der Waals surface area contributed by atoms with Crippen molar-refractivity contribution in [3.63, 3.8) is 0 Å². The van der Waals surface area contributed by atoms with E-state index in [9.17, 15) is 21.6 Å². The number of hydrogen-bond donors (Lipinski definition) is 0. The first kappa shape index (κ1) is 18.4. The van der Waals surface area contributed by atoms with Gasteiger partial charge in [0.25, 0.3) is 0 Å². The lowest BCUT2D eigenvalue weighted by Gasteiger charge is -2.20. The van der Waals surface area contributed by atoms with Crippen LogP contribution in [0.15, 0.2) is 53.6 Å². The summed E-state index contributed by atoms with van der Waals surface area (Å²) < 4.78 is 64.1. The Labute approximate surface area is 139 Å². The van der Waals surface area contributed by atoms with E-state index < -0.39 is 21.8 Å². The maximum absolute atomic E-state index is 12.6. The molecule has 130 valence electrons. The Balaban J connectivity index is 2.17. The number of pyridine rings is 1. The van der Waals surface area contributed by atoms with Crippen LogP contribution >= 0.6 is 0 Å². The highest BCUT2D eigenvalue weighted by molar-refractivity contribution is 7.89. The topological polar surface area (TPSA) is 50.3 Å². The third kappa shape index (κ3) is 4.33. The smallest absolute Gasteiger partial charge is 0.261 e. The number of rotatable bonds is 6. The fourth-order valence-electron chi connectivity index (χ4n) is 2.20. The molecule has 2 rings (SSSR count). The van der Waals surface area contributed by atoms with Gasteiger partial charge in [-0.25, -0.2) is 8.42 Å². The van der Waals surface area contributed by atoms with E-state index in [4.69, 9.17) is 0 Å². The predicted octanol–water partition coefficient (Wildman–Crippen LogP) is 3.35. The number of likely N-dealkylation sites (N-methyl/N-ethyl adjacent to an activating group) is 1. The van der Waals surface area contributed by atoms with E-state index in [0.717, 1.165) is 30.0 Å². The summed E-state index contributed by atoms with van der Waals surface area (Å²) in [6.07, 6.45) is -2.45. The molecule has 0 atom stereocenters. The average molecular weight is 358 g/mol. The number of aromatic nitrogens is 1. The zero-order valence-electron chi connectivity index (χ0n) is 13.0. The van der Waals surface area contributed by atoms with Crippen molar-refractivity contribution in [1.82, 2.24) is 9.29 Å². The van der Waals surface area contributed by atoms with Gasteiger partial charge in [-0.05, 0) is 36.4 Å². The summed E-state index contributed by atoms with van der Waals surface area (Å²) in [5.41, 5.74) is -0.128. The zero-order valence-corrected chi connectivity index (χ0v) is 13.8. The Kier molecular flexibility index (Phi) is 5.61. The molecule has 0 unspecified atom stereocenters. The van der Waals surface area contributed by atoms with Gasteiger partial charge in [0.2, 0.25) is 10.0 Å². The van der Waals surface area contributed by atoms with Crippen LogP contribution in [0.1, 0.15) is 18.2 Å². The summed E-state index contributed by atoms with van der Waals surface area (Å²) in [4.78, 5) is 3.98. The van der Waals surface area contributed by atoms with Crippen LogP contribution in [0.5, 0.6) is 0 Å². The van der Waals surface area contributed by atoms with Crippen molar-refractivity contribution < 1.29 is 21.6 Å². The Bertz CT molecular complexity index is 760. The highest BCUT2D eigenvalue weighted by Gasteiger charge is 2.31. The van der Waals surface area contributed by atoms with E-state index in [2.05, 4.69) is 4.98 Å². The minimum Gasteiger partial charge on any atom is -0.261 e. The Morgan fingerprint density at radius 3 is 2.25 bits per heavy atom. The minimum atomic E-state index is -4.49. The quantitative estimate of drug-likeness (QED) is 0.796. The van der Waals surface area contributed by atoms with Crippen LogP contribution in [-0.2, 0) is 22.6 Å². The van der Waals surface area contributed by atoms with E-state index >= 15 is 0 Å². The lowest BCUT2D eigenvalue weighted by molar-refractivity contribution is -0.137. The second-order valence-electron chi connectivity index (χ2n) is 5.09. The van der Waals surface area contributed by atoms with Gasteiger partial charge in [0.15, 0.2) is 0 Å². The number of sulfonamides is 1. The molecule has 0 aliphatic carbocycles. The molecule has 0 radical (unpaired) electrons. The fraction of sp³-hybridized carbons (Fsp3) is 0.312. The van der Waals surface area contributed by atoms with E-state index in [1.165, 1.54) is 4.31 Å². The number of halogens is 3. The van der Waals surface area contributed by atoms with Crippen LogP contribution in [0.4, 0.5) is 13.2 Å². The maximum atomic E-state index is 12.6. The van der Waals surface area contributed by atoms with Crippen LogP contribution in [-0.4, -0.2) is 30.8 Å². The molecule has 0 N–H and O–H groups in total. The third-order valence-corrected chi connectivity index (χ3v) is 5.50. The second kappa shape index (κ2) is 7.31. The third-order valence-electron chi connectivity index (χ3n) is 3.52. The molecule has 1 aromatic heterocycles. The van der Waals surface area contributed by atoms with Gasteiger partial charge in [0.05, 0.1) is 10.5 Å². The number of alkyl halides is 3. The van der Waals surface area contributed by atoms with Crippen LogP contribution in [0.25, 0.3) is 0 Å². The summed E-state index contributed by atoms with van der Waals surface area (Å²) in [7, 11) is -3.85. The Morgan fingerprint density at radius 2 is 1.75 bits per heavy atom. The monoisotopic (exact) mass is 358 g/mol. The molecule has 1 aromatic carbocycles. The average Bonchev–Trinajstić information content (AvgIpc) is 2.55. The molecule has 0 saturated carbocycles. The maximum Gasteiger partial charge on any atom is 0.416 e. The van der Waals surface area contributed by atoms with Gasteiger partial charge in [0, 0.05) is 31.4 Å². The number of nitrogens with zero attached hydrogens (tertiary/aromatic N) is 2. The molecular weight excluding hydrogens is 341 g/mol. The summed E-state index contributed by atoms with van der Waals surface area (Å²) >= 11 is 0. The number of benzene rings is 1. The van der Waals surface area contributed by atoms with Gasteiger partial charge in [-0.15, -0.1) is 0 Å².